The molecule has 5 heteroatoms. The summed E-state index contributed by atoms with van der Waals surface area (Å²) in [5.41, 5.74) is 2.10. The molecule has 2 aliphatic rings. The standard InChI is InChI=1S/C25H40BrNO3/c1-18-20-13-14-22(28)21(23(20)27-24(18)29)17-30-15-11-9-7-5-6-8-10-12-19(26)16-25(2,3)4/h13-14,18-19,21H,5-12,15-17H2,1-4H3,(H,27,29). The maximum absolute atomic E-state index is 12.2. The van der Waals surface area contributed by atoms with Crippen LogP contribution >= 0.6 is 15.9 Å². The van der Waals surface area contributed by atoms with Crippen LogP contribution in [0.15, 0.2) is 23.4 Å². The van der Waals surface area contributed by atoms with E-state index in [1.807, 2.05) is 6.92 Å². The van der Waals surface area contributed by atoms with Gasteiger partial charge in [-0.1, -0.05) is 81.3 Å². The van der Waals surface area contributed by atoms with E-state index >= 15 is 0 Å². The normalized spacial score (nSPS) is 22.4. The van der Waals surface area contributed by atoms with E-state index in [-0.39, 0.29) is 23.5 Å². The number of allylic oxidation sites excluding steroid dienone is 2. The minimum Gasteiger partial charge on any atom is -0.380 e. The third-order valence-corrected chi connectivity index (χ3v) is 6.75. The highest BCUT2D eigenvalue weighted by Crippen LogP contribution is 2.31. The fourth-order valence-electron chi connectivity index (χ4n) is 4.23. The van der Waals surface area contributed by atoms with Gasteiger partial charge in [-0.2, -0.15) is 0 Å². The second-order valence-electron chi connectivity index (χ2n) is 10.1. The van der Waals surface area contributed by atoms with Crippen LogP contribution in [0.5, 0.6) is 0 Å². The van der Waals surface area contributed by atoms with Gasteiger partial charge in [0.1, 0.15) is 0 Å². The van der Waals surface area contributed by atoms with Crippen LogP contribution in [0.25, 0.3) is 0 Å². The lowest BCUT2D eigenvalue weighted by molar-refractivity contribution is -0.121. The van der Waals surface area contributed by atoms with Gasteiger partial charge < -0.3 is 10.1 Å². The molecule has 1 amide bonds. The Morgan fingerprint density at radius 3 is 2.33 bits per heavy atom. The highest BCUT2D eigenvalue weighted by molar-refractivity contribution is 9.09. The first-order chi connectivity index (χ1) is 14.2. The van der Waals surface area contributed by atoms with Crippen molar-refractivity contribution in [3.8, 4) is 0 Å². The summed E-state index contributed by atoms with van der Waals surface area (Å²) in [6.45, 7) is 9.82. The van der Waals surface area contributed by atoms with Gasteiger partial charge in [-0.15, -0.1) is 0 Å². The largest absolute Gasteiger partial charge is 0.380 e. The van der Waals surface area contributed by atoms with E-state index in [9.17, 15) is 9.59 Å². The number of rotatable bonds is 13. The van der Waals surface area contributed by atoms with Crippen LogP contribution in [0.2, 0.25) is 0 Å². The number of hydrogen-bond donors (Lipinski definition) is 1. The molecule has 1 aliphatic heterocycles. The van der Waals surface area contributed by atoms with Crippen molar-refractivity contribution in [1.29, 1.82) is 0 Å². The van der Waals surface area contributed by atoms with Crippen LogP contribution < -0.4 is 5.32 Å². The lowest BCUT2D eigenvalue weighted by atomic mass is 9.89. The SMILES string of the molecule is CC1C(=O)NC2=C1C=CC(=O)C2COCCCCCCCCCC(Br)CC(C)(C)C. The summed E-state index contributed by atoms with van der Waals surface area (Å²) in [7, 11) is 0. The molecule has 0 aromatic carbocycles. The van der Waals surface area contributed by atoms with E-state index in [4.69, 9.17) is 4.74 Å². The van der Waals surface area contributed by atoms with Crippen molar-refractivity contribution in [2.45, 2.75) is 90.3 Å². The molecule has 0 radical (unpaired) electrons. The van der Waals surface area contributed by atoms with Gasteiger partial charge >= 0.3 is 0 Å². The number of halogens is 1. The van der Waals surface area contributed by atoms with Crippen molar-refractivity contribution in [1.82, 2.24) is 5.32 Å². The molecule has 1 aliphatic carbocycles. The number of carbonyl (C=O) groups excluding carboxylic acids is 2. The molecule has 0 aromatic heterocycles. The monoisotopic (exact) mass is 481 g/mol. The lowest BCUT2D eigenvalue weighted by Gasteiger charge is -2.21. The summed E-state index contributed by atoms with van der Waals surface area (Å²) in [6, 6.07) is 0. The fourth-order valence-corrected chi connectivity index (χ4v) is 5.52. The summed E-state index contributed by atoms with van der Waals surface area (Å²) >= 11 is 3.82. The number of carbonyl (C=O) groups is 2. The van der Waals surface area contributed by atoms with Crippen molar-refractivity contribution >= 4 is 27.6 Å². The van der Waals surface area contributed by atoms with E-state index in [2.05, 4.69) is 42.0 Å². The maximum atomic E-state index is 12.2. The van der Waals surface area contributed by atoms with Crippen molar-refractivity contribution in [3.05, 3.63) is 23.4 Å². The Balaban J connectivity index is 1.48. The topological polar surface area (TPSA) is 55.4 Å². The van der Waals surface area contributed by atoms with Crippen molar-refractivity contribution in [2.24, 2.45) is 17.3 Å². The quantitative estimate of drug-likeness (QED) is 0.255. The van der Waals surface area contributed by atoms with Crippen LogP contribution in [0.1, 0.15) is 85.5 Å². The van der Waals surface area contributed by atoms with Crippen LogP contribution in [0.4, 0.5) is 0 Å². The Labute approximate surface area is 191 Å². The highest BCUT2D eigenvalue weighted by Gasteiger charge is 2.37. The zero-order valence-corrected chi connectivity index (χ0v) is 20.9. The average molecular weight is 483 g/mol. The van der Waals surface area contributed by atoms with Crippen molar-refractivity contribution < 1.29 is 14.3 Å². The number of hydrogen-bond acceptors (Lipinski definition) is 3. The van der Waals surface area contributed by atoms with Crippen molar-refractivity contribution in [2.75, 3.05) is 13.2 Å². The van der Waals surface area contributed by atoms with Gasteiger partial charge in [0.25, 0.3) is 0 Å². The highest BCUT2D eigenvalue weighted by atomic mass is 79.9. The molecular weight excluding hydrogens is 442 g/mol. The summed E-state index contributed by atoms with van der Waals surface area (Å²) in [4.78, 5) is 24.7. The number of alkyl halides is 1. The smallest absolute Gasteiger partial charge is 0.231 e. The summed E-state index contributed by atoms with van der Waals surface area (Å²) in [6.07, 6.45) is 14.6. The van der Waals surface area contributed by atoms with E-state index < -0.39 is 0 Å². The minimum absolute atomic E-state index is 0.0230. The molecule has 0 bridgehead atoms. The first-order valence-corrected chi connectivity index (χ1v) is 12.6. The molecule has 0 spiro atoms. The molecule has 30 heavy (non-hydrogen) atoms. The number of ketones is 1. The predicted molar refractivity (Wildman–Crippen MR) is 127 cm³/mol. The van der Waals surface area contributed by atoms with Crippen LogP contribution in [0, 0.1) is 17.3 Å². The number of nitrogens with one attached hydrogen (secondary N) is 1. The molecule has 3 atom stereocenters. The van der Waals surface area contributed by atoms with Gasteiger partial charge in [0.05, 0.1) is 18.4 Å². The van der Waals surface area contributed by atoms with E-state index in [1.54, 1.807) is 12.2 Å². The van der Waals surface area contributed by atoms with E-state index in [1.165, 1.54) is 51.4 Å². The van der Waals surface area contributed by atoms with Gasteiger partial charge in [-0.05, 0) is 43.3 Å². The summed E-state index contributed by atoms with van der Waals surface area (Å²) in [5, 5.41) is 2.88. The predicted octanol–water partition coefficient (Wildman–Crippen LogP) is 6.10. The van der Waals surface area contributed by atoms with Gasteiger partial charge in [-0.25, -0.2) is 0 Å². The molecule has 4 nitrogen and oxygen atoms in total. The van der Waals surface area contributed by atoms with E-state index in [0.717, 1.165) is 17.7 Å². The van der Waals surface area contributed by atoms with Crippen molar-refractivity contribution in [3.63, 3.8) is 0 Å². The molecular formula is C25H40BrNO3. The molecule has 0 saturated carbocycles. The Morgan fingerprint density at radius 2 is 1.67 bits per heavy atom. The van der Waals surface area contributed by atoms with Crippen LogP contribution in [-0.2, 0) is 14.3 Å². The average Bonchev–Trinajstić information content (AvgIpc) is 2.94. The second kappa shape index (κ2) is 12.2. The first kappa shape index (κ1) is 25.3. The molecule has 0 fully saturated rings. The fraction of sp³-hybridized carbons (Fsp3) is 0.760. The zero-order valence-electron chi connectivity index (χ0n) is 19.3. The number of amides is 1. The molecule has 0 aromatic rings. The molecule has 1 heterocycles. The number of unbranched alkanes of at least 4 members (excludes halogenated alkanes) is 6. The van der Waals surface area contributed by atoms with Crippen LogP contribution in [-0.4, -0.2) is 29.7 Å². The third-order valence-electron chi connectivity index (χ3n) is 5.97. The molecule has 0 saturated heterocycles. The van der Waals surface area contributed by atoms with Gasteiger partial charge in [0, 0.05) is 17.1 Å². The molecule has 170 valence electrons. The lowest BCUT2D eigenvalue weighted by Crippen LogP contribution is -2.30. The van der Waals surface area contributed by atoms with Gasteiger partial charge in [0.2, 0.25) is 5.91 Å². The third kappa shape index (κ3) is 8.30. The Bertz CT molecular complexity index is 647. The maximum Gasteiger partial charge on any atom is 0.231 e. The Morgan fingerprint density at radius 1 is 1.03 bits per heavy atom. The van der Waals surface area contributed by atoms with E-state index in [0.29, 0.717) is 23.5 Å². The van der Waals surface area contributed by atoms with Crippen LogP contribution in [0.3, 0.4) is 0 Å². The number of ether oxygens (including phenoxy) is 1. The Hall–Kier alpha value is -0.940. The molecule has 2 rings (SSSR count). The minimum atomic E-state index is -0.351. The van der Waals surface area contributed by atoms with Gasteiger partial charge in [-0.3, -0.25) is 9.59 Å². The summed E-state index contributed by atoms with van der Waals surface area (Å²) < 4.78 is 5.79. The first-order valence-electron chi connectivity index (χ1n) is 11.7. The Kier molecular flexibility index (Phi) is 10.3. The van der Waals surface area contributed by atoms with Gasteiger partial charge in [0.15, 0.2) is 5.78 Å². The second-order valence-corrected chi connectivity index (χ2v) is 11.4. The molecule has 1 N–H and O–H groups in total. The molecule has 3 unspecified atom stereocenters. The zero-order chi connectivity index (χ0) is 22.1. The summed E-state index contributed by atoms with van der Waals surface area (Å²) in [5.74, 6) is -0.525.